The van der Waals surface area contributed by atoms with Gasteiger partial charge in [-0.1, -0.05) is 36.4 Å². The molecule has 0 spiro atoms. The summed E-state index contributed by atoms with van der Waals surface area (Å²) in [6.07, 6.45) is 8.03. The Hall–Kier alpha value is -0.570. The fourth-order valence-electron chi connectivity index (χ4n) is 2.88. The maximum absolute atomic E-state index is 12.9. The van der Waals surface area contributed by atoms with E-state index < -0.39 is 11.8 Å². The van der Waals surface area contributed by atoms with Crippen molar-refractivity contribution in [1.82, 2.24) is 20.2 Å². The van der Waals surface area contributed by atoms with Crippen LogP contribution in [0, 0.1) is 0 Å². The molecule has 1 atom stereocenters. The van der Waals surface area contributed by atoms with Crippen LogP contribution < -0.4 is 10.1 Å². The lowest BCUT2D eigenvalue weighted by Crippen LogP contribution is -2.24. The summed E-state index contributed by atoms with van der Waals surface area (Å²) in [6, 6.07) is 3.76. The van der Waals surface area contributed by atoms with Gasteiger partial charge in [-0.15, -0.1) is 0 Å². The molecular formula is C24H33Br2F4IN4O. The number of pyridine rings is 2. The fraction of sp³-hybridized carbons (Fsp3) is 0.583. The van der Waals surface area contributed by atoms with E-state index in [0.717, 1.165) is 24.2 Å². The van der Waals surface area contributed by atoms with Crippen molar-refractivity contribution >= 4 is 54.5 Å². The average Bonchev–Trinajstić information content (AvgIpc) is 3.38. The summed E-state index contributed by atoms with van der Waals surface area (Å²) in [5.74, 6) is -4.16. The monoisotopic (exact) mass is 754 g/mol. The van der Waals surface area contributed by atoms with Crippen molar-refractivity contribution in [1.29, 1.82) is 0 Å². The highest BCUT2D eigenvalue weighted by Crippen LogP contribution is 2.28. The van der Waals surface area contributed by atoms with Gasteiger partial charge in [0, 0.05) is 63.9 Å². The zero-order chi connectivity index (χ0) is 27.2. The van der Waals surface area contributed by atoms with Gasteiger partial charge in [-0.05, 0) is 56.0 Å². The molecule has 4 heterocycles. The van der Waals surface area contributed by atoms with Crippen molar-refractivity contribution < 1.29 is 22.3 Å². The van der Waals surface area contributed by atoms with Crippen LogP contribution in [-0.2, 0) is 6.54 Å². The third kappa shape index (κ3) is 15.6. The second-order valence-corrected chi connectivity index (χ2v) is 12.3. The molecule has 2 fully saturated rings. The van der Waals surface area contributed by atoms with Crippen LogP contribution >= 0.6 is 54.5 Å². The van der Waals surface area contributed by atoms with Crippen LogP contribution in [0.1, 0.15) is 38.7 Å². The van der Waals surface area contributed by atoms with E-state index >= 15 is 0 Å². The first-order valence-electron chi connectivity index (χ1n) is 11.4. The Labute approximate surface area is 241 Å². The third-order valence-corrected chi connectivity index (χ3v) is 6.69. The molecule has 204 valence electrons. The van der Waals surface area contributed by atoms with Crippen molar-refractivity contribution in [3.05, 3.63) is 51.4 Å². The van der Waals surface area contributed by atoms with E-state index in [1.807, 2.05) is 12.1 Å². The van der Waals surface area contributed by atoms with Gasteiger partial charge < -0.3 is 10.1 Å². The van der Waals surface area contributed by atoms with Gasteiger partial charge in [0.05, 0.1) is 26.4 Å². The lowest BCUT2D eigenvalue weighted by Gasteiger charge is -2.15. The summed E-state index contributed by atoms with van der Waals surface area (Å²) in [5.41, 5.74) is 0.960. The van der Waals surface area contributed by atoms with Crippen molar-refractivity contribution in [3.63, 3.8) is 0 Å². The van der Waals surface area contributed by atoms with Gasteiger partial charge in [0.2, 0.25) is 0 Å². The highest BCUT2D eigenvalue weighted by Gasteiger charge is 2.37. The lowest BCUT2D eigenvalue weighted by atomic mass is 10.3. The topological polar surface area (TPSA) is 50.3 Å². The van der Waals surface area contributed by atoms with E-state index in [-0.39, 0.29) is 25.9 Å². The van der Waals surface area contributed by atoms with Gasteiger partial charge in [-0.3, -0.25) is 14.9 Å². The maximum atomic E-state index is 12.9. The van der Waals surface area contributed by atoms with Gasteiger partial charge in [0.1, 0.15) is 5.75 Å². The van der Waals surface area contributed by atoms with Gasteiger partial charge >= 0.3 is 0 Å². The zero-order valence-corrected chi connectivity index (χ0v) is 25.9. The second kappa shape index (κ2) is 17.1. The number of rotatable bonds is 4. The van der Waals surface area contributed by atoms with Crippen LogP contribution in [0.5, 0.6) is 5.75 Å². The van der Waals surface area contributed by atoms with Gasteiger partial charge in [-0.25, -0.2) is 17.6 Å². The Bertz CT molecular complexity index is 889. The van der Waals surface area contributed by atoms with E-state index in [4.69, 9.17) is 4.74 Å². The van der Waals surface area contributed by atoms with Gasteiger partial charge in [0.25, 0.3) is 11.8 Å². The lowest BCUT2D eigenvalue weighted by molar-refractivity contribution is 0.0114. The van der Waals surface area contributed by atoms with Crippen LogP contribution in [0.15, 0.2) is 45.9 Å². The highest BCUT2D eigenvalue weighted by molar-refractivity contribution is 14.1. The predicted octanol–water partition coefficient (Wildman–Crippen LogP) is 7.37. The van der Waals surface area contributed by atoms with E-state index in [2.05, 4.69) is 83.6 Å². The van der Waals surface area contributed by atoms with Crippen LogP contribution in [0.25, 0.3) is 0 Å². The fourth-order valence-corrected chi connectivity index (χ4v) is 3.63. The van der Waals surface area contributed by atoms with E-state index in [0.29, 0.717) is 19.6 Å². The van der Waals surface area contributed by atoms with Crippen LogP contribution in [0.3, 0.4) is 0 Å². The summed E-state index contributed by atoms with van der Waals surface area (Å²) in [6.45, 7) is 5.60. The zero-order valence-electron chi connectivity index (χ0n) is 20.6. The maximum Gasteiger partial charge on any atom is 0.261 e. The number of hydrogen-bond donors (Lipinski definition) is 1. The van der Waals surface area contributed by atoms with E-state index in [9.17, 15) is 17.6 Å². The molecule has 0 aliphatic carbocycles. The van der Waals surface area contributed by atoms with Crippen molar-refractivity contribution in [2.45, 2.75) is 55.4 Å². The minimum absolute atomic E-state index is 0.00694. The molecular weight excluding hydrogens is 723 g/mol. The minimum Gasteiger partial charge on any atom is -0.495 e. The minimum atomic E-state index is -2.51. The Morgan fingerprint density at radius 2 is 1.67 bits per heavy atom. The first-order valence-corrected chi connectivity index (χ1v) is 14.3. The highest BCUT2D eigenvalue weighted by atomic mass is 127. The Kier molecular flexibility index (Phi) is 15.9. The summed E-state index contributed by atoms with van der Waals surface area (Å²) in [5, 5.41) is 2.56. The number of ether oxygens (including phenoxy) is 1. The largest absolute Gasteiger partial charge is 0.495 e. The average molecular weight is 756 g/mol. The predicted molar refractivity (Wildman–Crippen MR) is 151 cm³/mol. The third-order valence-electron chi connectivity index (χ3n) is 4.95. The first-order chi connectivity index (χ1) is 16.9. The molecule has 0 radical (unpaired) electrons. The quantitative estimate of drug-likeness (QED) is 0.201. The Morgan fingerprint density at radius 1 is 1.06 bits per heavy atom. The molecule has 0 amide bonds. The molecule has 2 aliphatic heterocycles. The molecule has 2 aromatic rings. The first kappa shape index (κ1) is 33.5. The molecule has 2 aliphatic rings. The number of aromatic nitrogens is 2. The SMILES string of the molecule is CCC(C)I.COc1cncc(Br)c1.FC1(F)CCN(Cc2cncc(Br)c2)C1.FC1(F)CCNC1. The second-order valence-electron chi connectivity index (χ2n) is 8.34. The number of nitrogens with zero attached hydrogens (tertiary/aromatic N) is 3. The molecule has 5 nitrogen and oxygen atoms in total. The summed E-state index contributed by atoms with van der Waals surface area (Å²) >= 11 is 8.97. The van der Waals surface area contributed by atoms with Crippen molar-refractivity contribution in [2.24, 2.45) is 0 Å². The summed E-state index contributed by atoms with van der Waals surface area (Å²) in [4.78, 5) is 9.64. The number of methoxy groups -OCH3 is 1. The number of alkyl halides is 5. The normalized spacial score (nSPS) is 18.5. The summed E-state index contributed by atoms with van der Waals surface area (Å²) in [7, 11) is 1.61. The molecule has 1 unspecified atom stereocenters. The molecule has 4 rings (SSSR count). The van der Waals surface area contributed by atoms with E-state index in [1.165, 1.54) is 6.42 Å². The molecule has 0 aromatic carbocycles. The summed E-state index contributed by atoms with van der Waals surface area (Å²) < 4.78 is 57.2. The van der Waals surface area contributed by atoms with Crippen molar-refractivity contribution in [2.75, 3.05) is 33.3 Å². The Balaban J connectivity index is 0.000000264. The van der Waals surface area contributed by atoms with Gasteiger partial charge in [0.15, 0.2) is 0 Å². The van der Waals surface area contributed by atoms with Crippen LogP contribution in [0.2, 0.25) is 0 Å². The smallest absolute Gasteiger partial charge is 0.261 e. The van der Waals surface area contributed by atoms with Gasteiger partial charge in [-0.2, -0.15) is 0 Å². The number of hydrogen-bond acceptors (Lipinski definition) is 5. The molecule has 2 aromatic heterocycles. The molecule has 0 saturated carbocycles. The molecule has 36 heavy (non-hydrogen) atoms. The Morgan fingerprint density at radius 3 is 2.03 bits per heavy atom. The number of likely N-dealkylation sites (tertiary alicyclic amines) is 1. The molecule has 0 bridgehead atoms. The number of nitrogens with one attached hydrogen (secondary N) is 1. The van der Waals surface area contributed by atoms with E-state index in [1.54, 1.807) is 36.8 Å². The molecule has 2 saturated heterocycles. The molecule has 12 heteroatoms. The van der Waals surface area contributed by atoms with Crippen LogP contribution in [0.4, 0.5) is 17.6 Å². The standard InChI is InChI=1S/C10H11BrF2N2.C6H6BrNO.C4H7F2N.C4H9I/c11-9-3-8(4-14-5-9)6-15-2-1-10(12,13)7-15;1-9-6-2-5(7)3-8-4-6;5-4(6)1-2-7-3-4;1-3-4(2)5/h3-5H,1-2,6-7H2;2-4H,1H3;7H,1-3H2;4H,3H2,1-2H3. The molecule has 1 N–H and O–H groups in total. The number of halogens is 7. The van der Waals surface area contributed by atoms with Crippen molar-refractivity contribution in [3.8, 4) is 5.75 Å². The van der Waals surface area contributed by atoms with Crippen LogP contribution in [-0.4, -0.2) is 63.9 Å².